The van der Waals surface area contributed by atoms with Gasteiger partial charge in [-0.05, 0) is 13.8 Å². The van der Waals surface area contributed by atoms with Crippen LogP contribution in [0.1, 0.15) is 15.6 Å². The number of aryl methyl sites for hydroxylation is 3. The molecule has 4 nitrogen and oxygen atoms in total. The molecule has 2 aromatic heterocycles. The van der Waals surface area contributed by atoms with E-state index in [1.54, 1.807) is 11.3 Å². The van der Waals surface area contributed by atoms with Crippen molar-refractivity contribution in [1.82, 2.24) is 14.8 Å². The molecular formula is C10H14N4S. The van der Waals surface area contributed by atoms with Crippen LogP contribution in [0.25, 0.3) is 0 Å². The van der Waals surface area contributed by atoms with Gasteiger partial charge < -0.3 is 5.32 Å². The van der Waals surface area contributed by atoms with Crippen molar-refractivity contribution in [3.63, 3.8) is 0 Å². The van der Waals surface area contributed by atoms with Crippen LogP contribution in [-0.2, 0) is 13.6 Å². The fraction of sp³-hybridized carbons (Fsp3) is 0.400. The number of nitrogens with one attached hydrogen (secondary N) is 1. The Morgan fingerprint density at radius 3 is 2.80 bits per heavy atom. The Morgan fingerprint density at radius 2 is 2.27 bits per heavy atom. The fourth-order valence-corrected chi connectivity index (χ4v) is 2.05. The van der Waals surface area contributed by atoms with E-state index in [1.807, 2.05) is 37.8 Å². The summed E-state index contributed by atoms with van der Waals surface area (Å²) in [6.07, 6.45) is 1.91. The maximum Gasteiger partial charge on any atom is 0.148 e. The van der Waals surface area contributed by atoms with Crippen LogP contribution >= 0.6 is 11.3 Å². The van der Waals surface area contributed by atoms with Crippen LogP contribution in [0.5, 0.6) is 0 Å². The standard InChI is InChI=1S/C10H14N4S/c1-7-4-10(13-14(7)3)12-6-9-5-11-8(2)15-9/h4-5H,6H2,1-3H3,(H,12,13). The van der Waals surface area contributed by atoms with E-state index in [4.69, 9.17) is 0 Å². The Balaban J connectivity index is 1.99. The monoisotopic (exact) mass is 222 g/mol. The Kier molecular flexibility index (Phi) is 2.73. The number of hydrogen-bond acceptors (Lipinski definition) is 4. The van der Waals surface area contributed by atoms with Gasteiger partial charge in [0.1, 0.15) is 5.82 Å². The Hall–Kier alpha value is -1.36. The summed E-state index contributed by atoms with van der Waals surface area (Å²) in [7, 11) is 1.94. The van der Waals surface area contributed by atoms with Crippen molar-refractivity contribution in [1.29, 1.82) is 0 Å². The van der Waals surface area contributed by atoms with E-state index < -0.39 is 0 Å². The normalized spacial score (nSPS) is 10.6. The van der Waals surface area contributed by atoms with E-state index in [9.17, 15) is 0 Å². The number of rotatable bonds is 3. The SMILES string of the molecule is Cc1ncc(CNc2cc(C)n(C)n2)s1. The lowest BCUT2D eigenvalue weighted by atomic mass is 10.4. The number of aromatic nitrogens is 3. The minimum atomic E-state index is 0.794. The molecule has 0 bridgehead atoms. The van der Waals surface area contributed by atoms with Gasteiger partial charge in [0.05, 0.1) is 11.6 Å². The topological polar surface area (TPSA) is 42.7 Å². The predicted octanol–water partition coefficient (Wildman–Crippen LogP) is 2.11. The molecule has 5 heteroatoms. The summed E-state index contributed by atoms with van der Waals surface area (Å²) in [5.41, 5.74) is 1.15. The molecule has 80 valence electrons. The zero-order valence-corrected chi connectivity index (χ0v) is 9.93. The quantitative estimate of drug-likeness (QED) is 0.865. The van der Waals surface area contributed by atoms with Gasteiger partial charge in [0.25, 0.3) is 0 Å². The minimum Gasteiger partial charge on any atom is -0.364 e. The lowest BCUT2D eigenvalue weighted by molar-refractivity contribution is 0.741. The summed E-state index contributed by atoms with van der Waals surface area (Å²) < 4.78 is 1.86. The van der Waals surface area contributed by atoms with Crippen molar-refractivity contribution in [2.75, 3.05) is 5.32 Å². The first kappa shape index (κ1) is 10.2. The average molecular weight is 222 g/mol. The van der Waals surface area contributed by atoms with Gasteiger partial charge in [0.2, 0.25) is 0 Å². The van der Waals surface area contributed by atoms with Crippen molar-refractivity contribution < 1.29 is 0 Å². The second-order valence-electron chi connectivity index (χ2n) is 3.49. The van der Waals surface area contributed by atoms with Crippen LogP contribution in [0.3, 0.4) is 0 Å². The van der Waals surface area contributed by atoms with E-state index in [2.05, 4.69) is 15.4 Å². The van der Waals surface area contributed by atoms with Crippen molar-refractivity contribution in [3.8, 4) is 0 Å². The van der Waals surface area contributed by atoms with Crippen molar-refractivity contribution in [3.05, 3.63) is 27.8 Å². The lowest BCUT2D eigenvalue weighted by Crippen LogP contribution is -1.99. The van der Waals surface area contributed by atoms with Crippen LogP contribution in [0.2, 0.25) is 0 Å². The van der Waals surface area contributed by atoms with Gasteiger partial charge in [-0.1, -0.05) is 0 Å². The highest BCUT2D eigenvalue weighted by molar-refractivity contribution is 7.11. The molecule has 0 saturated carbocycles. The highest BCUT2D eigenvalue weighted by Crippen LogP contribution is 2.14. The van der Waals surface area contributed by atoms with E-state index in [0.717, 1.165) is 23.1 Å². The zero-order chi connectivity index (χ0) is 10.8. The Labute approximate surface area is 93.0 Å². The van der Waals surface area contributed by atoms with E-state index >= 15 is 0 Å². The number of nitrogens with zero attached hydrogens (tertiary/aromatic N) is 3. The second-order valence-corrected chi connectivity index (χ2v) is 4.81. The predicted molar refractivity (Wildman–Crippen MR) is 62.1 cm³/mol. The van der Waals surface area contributed by atoms with Crippen molar-refractivity contribution >= 4 is 17.2 Å². The van der Waals surface area contributed by atoms with E-state index in [0.29, 0.717) is 0 Å². The molecule has 2 heterocycles. The smallest absolute Gasteiger partial charge is 0.148 e. The molecule has 0 unspecified atom stereocenters. The highest BCUT2D eigenvalue weighted by Gasteiger charge is 2.02. The van der Waals surface area contributed by atoms with Crippen LogP contribution < -0.4 is 5.32 Å². The number of anilines is 1. The summed E-state index contributed by atoms with van der Waals surface area (Å²) in [5, 5.41) is 8.70. The average Bonchev–Trinajstić information content (AvgIpc) is 2.72. The molecule has 0 spiro atoms. The molecule has 0 radical (unpaired) electrons. The van der Waals surface area contributed by atoms with E-state index in [-0.39, 0.29) is 0 Å². The Morgan fingerprint density at radius 1 is 1.47 bits per heavy atom. The molecule has 0 saturated heterocycles. The zero-order valence-electron chi connectivity index (χ0n) is 9.11. The third-order valence-electron chi connectivity index (χ3n) is 2.23. The van der Waals surface area contributed by atoms with Crippen LogP contribution in [0.4, 0.5) is 5.82 Å². The molecule has 1 N–H and O–H groups in total. The Bertz CT molecular complexity index is 438. The molecule has 2 aromatic rings. The maximum absolute atomic E-state index is 4.32. The molecule has 0 amide bonds. The summed E-state index contributed by atoms with van der Waals surface area (Å²) in [6.45, 7) is 4.84. The number of thiazole rings is 1. The maximum atomic E-state index is 4.32. The molecular weight excluding hydrogens is 208 g/mol. The van der Waals surface area contributed by atoms with Gasteiger partial charge in [-0.25, -0.2) is 4.98 Å². The molecule has 0 aliphatic rings. The van der Waals surface area contributed by atoms with Crippen LogP contribution in [0, 0.1) is 13.8 Å². The first-order valence-electron chi connectivity index (χ1n) is 4.81. The molecule has 0 atom stereocenters. The summed E-state index contributed by atoms with van der Waals surface area (Å²) in [5.74, 6) is 0.918. The molecule has 0 aliphatic carbocycles. The van der Waals surface area contributed by atoms with Crippen LogP contribution in [0.15, 0.2) is 12.3 Å². The van der Waals surface area contributed by atoms with Gasteiger partial charge in [-0.3, -0.25) is 4.68 Å². The second kappa shape index (κ2) is 4.02. The minimum absolute atomic E-state index is 0.794. The third-order valence-corrected chi connectivity index (χ3v) is 3.14. The summed E-state index contributed by atoms with van der Waals surface area (Å²) in [4.78, 5) is 5.44. The first-order valence-corrected chi connectivity index (χ1v) is 5.62. The highest BCUT2D eigenvalue weighted by atomic mass is 32.1. The molecule has 0 fully saturated rings. The largest absolute Gasteiger partial charge is 0.364 e. The van der Waals surface area contributed by atoms with Gasteiger partial charge in [-0.15, -0.1) is 11.3 Å². The molecule has 15 heavy (non-hydrogen) atoms. The molecule has 0 aliphatic heterocycles. The van der Waals surface area contributed by atoms with Crippen molar-refractivity contribution in [2.45, 2.75) is 20.4 Å². The van der Waals surface area contributed by atoms with E-state index in [1.165, 1.54) is 4.88 Å². The summed E-state index contributed by atoms with van der Waals surface area (Å²) >= 11 is 1.71. The lowest BCUT2D eigenvalue weighted by Gasteiger charge is -1.98. The van der Waals surface area contributed by atoms with Gasteiger partial charge in [0, 0.05) is 29.9 Å². The van der Waals surface area contributed by atoms with Gasteiger partial charge in [0.15, 0.2) is 0 Å². The molecule has 0 aromatic carbocycles. The first-order chi connectivity index (χ1) is 7.15. The molecule has 2 rings (SSSR count). The fourth-order valence-electron chi connectivity index (χ4n) is 1.31. The van der Waals surface area contributed by atoms with Gasteiger partial charge >= 0.3 is 0 Å². The van der Waals surface area contributed by atoms with Crippen LogP contribution in [-0.4, -0.2) is 14.8 Å². The van der Waals surface area contributed by atoms with Crippen molar-refractivity contribution in [2.24, 2.45) is 7.05 Å². The van der Waals surface area contributed by atoms with Gasteiger partial charge in [-0.2, -0.15) is 5.10 Å². The summed E-state index contributed by atoms with van der Waals surface area (Å²) in [6, 6.07) is 2.04. The number of hydrogen-bond donors (Lipinski definition) is 1. The third kappa shape index (κ3) is 2.36.